The topological polar surface area (TPSA) is 34.1 Å². The summed E-state index contributed by atoms with van der Waals surface area (Å²) >= 11 is 0. The Morgan fingerprint density at radius 2 is 1.00 bits per heavy atom. The summed E-state index contributed by atoms with van der Waals surface area (Å²) in [7, 11) is 0. The van der Waals surface area contributed by atoms with Crippen LogP contribution >= 0.6 is 0 Å². The molecule has 2 nitrogen and oxygen atoms in total. The number of carbonyl (C=O) groups is 2. The van der Waals surface area contributed by atoms with Crippen molar-refractivity contribution in [2.45, 2.75) is 0 Å². The Labute approximate surface area is 118 Å². The highest BCUT2D eigenvalue weighted by Crippen LogP contribution is 2.28. The molecule has 0 aliphatic heterocycles. The Hall–Kier alpha value is -2.74. The van der Waals surface area contributed by atoms with E-state index in [0.717, 1.165) is 34.8 Å². The van der Waals surface area contributed by atoms with E-state index in [1.807, 2.05) is 48.5 Å². The zero-order valence-electron chi connectivity index (χ0n) is 10.9. The average molecular weight is 262 g/mol. The number of benzene rings is 2. The number of aldehydes is 2. The second-order valence-electron chi connectivity index (χ2n) is 4.16. The van der Waals surface area contributed by atoms with Crippen molar-refractivity contribution >= 4 is 24.7 Å². The molecule has 2 heteroatoms. The van der Waals surface area contributed by atoms with Crippen molar-refractivity contribution < 1.29 is 9.59 Å². The molecular weight excluding hydrogens is 248 g/mol. The molecule has 0 aromatic heterocycles. The van der Waals surface area contributed by atoms with E-state index in [-0.39, 0.29) is 0 Å². The van der Waals surface area contributed by atoms with Gasteiger partial charge in [-0.05, 0) is 34.4 Å². The number of allylic oxidation sites excluding steroid dienone is 2. The van der Waals surface area contributed by atoms with Crippen molar-refractivity contribution in [1.82, 2.24) is 0 Å². The zero-order valence-corrected chi connectivity index (χ0v) is 10.9. The first-order valence-electron chi connectivity index (χ1n) is 6.29. The van der Waals surface area contributed by atoms with E-state index >= 15 is 0 Å². The molecular formula is C18H14O2. The maximum atomic E-state index is 10.5. The lowest BCUT2D eigenvalue weighted by Gasteiger charge is -2.09. The lowest BCUT2D eigenvalue weighted by atomic mass is 9.95. The van der Waals surface area contributed by atoms with Gasteiger partial charge in [0.05, 0.1) is 0 Å². The Morgan fingerprint density at radius 1 is 0.600 bits per heavy atom. The van der Waals surface area contributed by atoms with Gasteiger partial charge in [0, 0.05) is 0 Å². The molecule has 0 fully saturated rings. The van der Waals surface area contributed by atoms with E-state index in [0.29, 0.717) is 0 Å². The highest BCUT2D eigenvalue weighted by Gasteiger charge is 2.05. The molecule has 0 heterocycles. The van der Waals surface area contributed by atoms with E-state index in [1.54, 1.807) is 12.2 Å². The van der Waals surface area contributed by atoms with Crippen LogP contribution in [0.5, 0.6) is 0 Å². The molecule has 98 valence electrons. The van der Waals surface area contributed by atoms with Crippen LogP contribution in [0.3, 0.4) is 0 Å². The van der Waals surface area contributed by atoms with Gasteiger partial charge in [0.15, 0.2) is 0 Å². The molecule has 2 aromatic rings. The third kappa shape index (κ3) is 3.18. The van der Waals surface area contributed by atoms with E-state index < -0.39 is 0 Å². The normalized spacial score (nSPS) is 11.0. The largest absolute Gasteiger partial charge is 0.299 e. The van der Waals surface area contributed by atoms with Crippen molar-refractivity contribution in [3.63, 3.8) is 0 Å². The van der Waals surface area contributed by atoms with E-state index in [4.69, 9.17) is 0 Å². The van der Waals surface area contributed by atoms with Gasteiger partial charge < -0.3 is 0 Å². The molecule has 0 amide bonds. The van der Waals surface area contributed by atoms with Crippen LogP contribution in [-0.2, 0) is 9.59 Å². The molecule has 0 saturated heterocycles. The highest BCUT2D eigenvalue weighted by molar-refractivity contribution is 5.86. The van der Waals surface area contributed by atoms with Gasteiger partial charge in [0.25, 0.3) is 0 Å². The van der Waals surface area contributed by atoms with E-state index in [1.165, 1.54) is 12.2 Å². The van der Waals surface area contributed by atoms with Crippen LogP contribution in [0.4, 0.5) is 0 Å². The summed E-state index contributed by atoms with van der Waals surface area (Å²) in [6, 6.07) is 15.7. The van der Waals surface area contributed by atoms with Crippen molar-refractivity contribution in [2.75, 3.05) is 0 Å². The fraction of sp³-hybridized carbons (Fsp3) is 0. The van der Waals surface area contributed by atoms with Crippen LogP contribution in [0.25, 0.3) is 23.3 Å². The van der Waals surface area contributed by atoms with Crippen LogP contribution in [0.1, 0.15) is 11.1 Å². The standard InChI is InChI=1S/C18H14O2/c19-13-5-9-15-7-1-3-11-17(15)18-12-4-2-8-16(18)10-6-14-20/h1-14H/b9-5+,10-6+. The average Bonchev–Trinajstić information content (AvgIpc) is 2.51. The first-order valence-corrected chi connectivity index (χ1v) is 6.29. The number of hydrogen-bond acceptors (Lipinski definition) is 2. The summed E-state index contributed by atoms with van der Waals surface area (Å²) < 4.78 is 0. The minimum absolute atomic E-state index is 0.759. The van der Waals surface area contributed by atoms with Gasteiger partial charge in [0.1, 0.15) is 12.6 Å². The summed E-state index contributed by atoms with van der Waals surface area (Å²) in [6.07, 6.45) is 8.03. The molecule has 2 rings (SSSR count). The highest BCUT2D eigenvalue weighted by atomic mass is 16.1. The molecule has 0 aliphatic rings. The summed E-state index contributed by atoms with van der Waals surface area (Å²) in [5, 5.41) is 0. The third-order valence-corrected chi connectivity index (χ3v) is 2.92. The smallest absolute Gasteiger partial charge is 0.142 e. The van der Waals surface area contributed by atoms with Crippen molar-refractivity contribution in [3.05, 3.63) is 71.8 Å². The zero-order chi connectivity index (χ0) is 14.2. The predicted molar refractivity (Wildman–Crippen MR) is 82.1 cm³/mol. The monoisotopic (exact) mass is 262 g/mol. The molecule has 2 aromatic carbocycles. The molecule has 0 atom stereocenters. The minimum atomic E-state index is 0.759. The molecule has 0 bridgehead atoms. The molecule has 0 aliphatic carbocycles. The third-order valence-electron chi connectivity index (χ3n) is 2.92. The summed E-state index contributed by atoms with van der Waals surface area (Å²) in [5.41, 5.74) is 3.98. The second-order valence-corrected chi connectivity index (χ2v) is 4.16. The van der Waals surface area contributed by atoms with Gasteiger partial charge in [-0.25, -0.2) is 0 Å². The second kappa shape index (κ2) is 7.00. The van der Waals surface area contributed by atoms with Crippen LogP contribution in [0, 0.1) is 0 Å². The molecule has 0 saturated carbocycles. The fourth-order valence-electron chi connectivity index (χ4n) is 2.06. The number of rotatable bonds is 5. The lowest BCUT2D eigenvalue weighted by Crippen LogP contribution is -1.87. The van der Waals surface area contributed by atoms with Gasteiger partial charge in [-0.15, -0.1) is 0 Å². The molecule has 0 unspecified atom stereocenters. The molecule has 0 spiro atoms. The van der Waals surface area contributed by atoms with Crippen molar-refractivity contribution in [3.8, 4) is 11.1 Å². The lowest BCUT2D eigenvalue weighted by molar-refractivity contribution is -0.104. The van der Waals surface area contributed by atoms with Crippen molar-refractivity contribution in [2.24, 2.45) is 0 Å². The SMILES string of the molecule is O=C/C=C/c1ccccc1-c1ccccc1/C=C/C=O. The fourth-order valence-corrected chi connectivity index (χ4v) is 2.06. The van der Waals surface area contributed by atoms with Crippen LogP contribution in [-0.4, -0.2) is 12.6 Å². The van der Waals surface area contributed by atoms with E-state index in [2.05, 4.69) is 0 Å². The first kappa shape index (κ1) is 13.7. The predicted octanol–water partition coefficient (Wildman–Crippen LogP) is 3.78. The van der Waals surface area contributed by atoms with Gasteiger partial charge in [0.2, 0.25) is 0 Å². The maximum absolute atomic E-state index is 10.5. The van der Waals surface area contributed by atoms with Gasteiger partial charge in [-0.3, -0.25) is 9.59 Å². The van der Waals surface area contributed by atoms with E-state index in [9.17, 15) is 9.59 Å². The Bertz CT molecular complexity index is 607. The maximum Gasteiger partial charge on any atom is 0.142 e. The van der Waals surface area contributed by atoms with Crippen LogP contribution in [0.15, 0.2) is 60.7 Å². The summed E-state index contributed by atoms with van der Waals surface area (Å²) in [4.78, 5) is 21.0. The minimum Gasteiger partial charge on any atom is -0.299 e. The molecule has 0 radical (unpaired) electrons. The van der Waals surface area contributed by atoms with Crippen molar-refractivity contribution in [1.29, 1.82) is 0 Å². The molecule has 0 N–H and O–H groups in total. The Kier molecular flexibility index (Phi) is 4.79. The van der Waals surface area contributed by atoms with Gasteiger partial charge in [-0.2, -0.15) is 0 Å². The quantitative estimate of drug-likeness (QED) is 0.607. The van der Waals surface area contributed by atoms with Crippen LogP contribution < -0.4 is 0 Å². The van der Waals surface area contributed by atoms with Gasteiger partial charge in [-0.1, -0.05) is 60.7 Å². The van der Waals surface area contributed by atoms with Gasteiger partial charge >= 0.3 is 0 Å². The Balaban J connectivity index is 2.57. The first-order chi connectivity index (χ1) is 9.86. The Morgan fingerprint density at radius 3 is 1.40 bits per heavy atom. The molecule has 20 heavy (non-hydrogen) atoms. The number of carbonyl (C=O) groups excluding carboxylic acids is 2. The van der Waals surface area contributed by atoms with Crippen LogP contribution in [0.2, 0.25) is 0 Å². The summed E-state index contributed by atoms with van der Waals surface area (Å²) in [6.45, 7) is 0. The summed E-state index contributed by atoms with van der Waals surface area (Å²) in [5.74, 6) is 0. The number of hydrogen-bond donors (Lipinski definition) is 0.